The highest BCUT2D eigenvalue weighted by atomic mass is 35.5. The summed E-state index contributed by atoms with van der Waals surface area (Å²) in [6.45, 7) is 0.179. The molecule has 0 spiro atoms. The number of hydrogen-bond acceptors (Lipinski definition) is 3. The molecular weight excluding hydrogens is 478 g/mol. The molecule has 1 aliphatic rings. The van der Waals surface area contributed by atoms with Gasteiger partial charge in [-0.25, -0.2) is 0 Å². The highest BCUT2D eigenvalue weighted by Crippen LogP contribution is 2.32. The summed E-state index contributed by atoms with van der Waals surface area (Å²) < 4.78 is 38.2. The zero-order valence-corrected chi connectivity index (χ0v) is 18.6. The molecule has 0 aromatic heterocycles. The molecule has 1 heterocycles. The fourth-order valence-electron chi connectivity index (χ4n) is 3.87. The van der Waals surface area contributed by atoms with Crippen molar-refractivity contribution >= 4 is 57.2 Å². The van der Waals surface area contributed by atoms with E-state index in [0.717, 1.165) is 10.3 Å². The van der Waals surface area contributed by atoms with Crippen molar-refractivity contribution in [2.75, 3.05) is 36.4 Å². The topological polar surface area (TPSA) is 52.7 Å². The number of piperazine rings is 1. The fraction of sp³-hybridized carbons (Fsp3) is 0.217. The lowest BCUT2D eigenvalue weighted by atomic mass is 10.0. The van der Waals surface area contributed by atoms with Gasteiger partial charge in [-0.15, -0.1) is 0 Å². The predicted octanol–water partition coefficient (Wildman–Crippen LogP) is 5.61. The van der Waals surface area contributed by atoms with Crippen molar-refractivity contribution in [1.29, 1.82) is 0 Å². The molecule has 172 valence electrons. The van der Waals surface area contributed by atoms with Gasteiger partial charge < -0.3 is 15.1 Å². The summed E-state index contributed by atoms with van der Waals surface area (Å²) in [5, 5.41) is 5.21. The van der Waals surface area contributed by atoms with Gasteiger partial charge in [-0.2, -0.15) is 13.2 Å². The van der Waals surface area contributed by atoms with Crippen LogP contribution in [0.4, 0.5) is 24.5 Å². The van der Waals surface area contributed by atoms with Crippen molar-refractivity contribution < 1.29 is 22.8 Å². The summed E-state index contributed by atoms with van der Waals surface area (Å²) in [5.41, 5.74) is 1.44. The maximum Gasteiger partial charge on any atom is 0.471 e. The standard InChI is InChI=1S/C23H18Cl2F3N3O2/c24-14-7-8-20(30-9-11-31(12-10-30)22(33)23(26,27)28)19(13-14)29-21(32)17-5-1-4-16-15(17)3-2-6-18(16)25/h1-8,13H,9-12H2,(H,29,32). The Hall–Kier alpha value is -2.97. The first-order valence-electron chi connectivity index (χ1n) is 10.0. The maximum absolute atomic E-state index is 13.1. The SMILES string of the molecule is O=C(Nc1cc(Cl)ccc1N1CCN(C(=O)C(F)(F)F)CC1)c1cccc2c(Cl)cccc12. The molecule has 4 rings (SSSR count). The lowest BCUT2D eigenvalue weighted by molar-refractivity contribution is -0.185. The fourth-order valence-corrected chi connectivity index (χ4v) is 4.28. The molecule has 1 aliphatic heterocycles. The molecule has 1 saturated heterocycles. The molecule has 3 aromatic rings. The van der Waals surface area contributed by atoms with Crippen molar-refractivity contribution in [1.82, 2.24) is 4.90 Å². The van der Waals surface area contributed by atoms with Gasteiger partial charge in [0.1, 0.15) is 0 Å². The van der Waals surface area contributed by atoms with E-state index in [9.17, 15) is 22.8 Å². The Bertz CT molecular complexity index is 1230. The summed E-state index contributed by atoms with van der Waals surface area (Å²) in [5.74, 6) is -2.22. The Morgan fingerprint density at radius 1 is 0.879 bits per heavy atom. The van der Waals surface area contributed by atoms with Gasteiger partial charge in [0.2, 0.25) is 0 Å². The van der Waals surface area contributed by atoms with Crippen LogP contribution in [0.2, 0.25) is 10.0 Å². The Balaban J connectivity index is 1.57. The van der Waals surface area contributed by atoms with E-state index in [2.05, 4.69) is 5.32 Å². The minimum atomic E-state index is -4.90. The number of anilines is 2. The largest absolute Gasteiger partial charge is 0.471 e. The Morgan fingerprint density at radius 2 is 1.55 bits per heavy atom. The molecule has 0 saturated carbocycles. The molecule has 5 nitrogen and oxygen atoms in total. The number of hydrogen-bond donors (Lipinski definition) is 1. The number of halogens is 5. The van der Waals surface area contributed by atoms with Crippen molar-refractivity contribution in [3.05, 3.63) is 70.2 Å². The normalized spacial score (nSPS) is 14.5. The molecule has 1 N–H and O–H groups in total. The van der Waals surface area contributed by atoms with E-state index in [1.807, 2.05) is 11.0 Å². The van der Waals surface area contributed by atoms with Crippen molar-refractivity contribution in [3.63, 3.8) is 0 Å². The van der Waals surface area contributed by atoms with Gasteiger partial charge >= 0.3 is 12.1 Å². The van der Waals surface area contributed by atoms with Gasteiger partial charge in [0.15, 0.2) is 0 Å². The monoisotopic (exact) mass is 495 g/mol. The predicted molar refractivity (Wildman–Crippen MR) is 123 cm³/mol. The molecule has 3 aromatic carbocycles. The van der Waals surface area contributed by atoms with Gasteiger partial charge in [-0.05, 0) is 35.7 Å². The Morgan fingerprint density at radius 3 is 2.24 bits per heavy atom. The van der Waals surface area contributed by atoms with Crippen LogP contribution in [0.3, 0.4) is 0 Å². The van der Waals surface area contributed by atoms with E-state index < -0.39 is 12.1 Å². The van der Waals surface area contributed by atoms with E-state index in [1.165, 1.54) is 0 Å². The molecule has 0 bridgehead atoms. The molecule has 10 heteroatoms. The summed E-state index contributed by atoms with van der Waals surface area (Å²) in [6, 6.07) is 15.4. The first kappa shape index (κ1) is 23.2. The average Bonchev–Trinajstić information content (AvgIpc) is 2.78. The van der Waals surface area contributed by atoms with E-state index in [4.69, 9.17) is 23.2 Å². The Kier molecular flexibility index (Phi) is 6.41. The molecule has 33 heavy (non-hydrogen) atoms. The highest BCUT2D eigenvalue weighted by molar-refractivity contribution is 6.36. The smallest absolute Gasteiger partial charge is 0.366 e. The van der Waals surface area contributed by atoms with Crippen LogP contribution in [0.5, 0.6) is 0 Å². The third-order valence-corrected chi connectivity index (χ3v) is 6.04. The zero-order valence-electron chi connectivity index (χ0n) is 17.1. The summed E-state index contributed by atoms with van der Waals surface area (Å²) in [6.07, 6.45) is -4.90. The second kappa shape index (κ2) is 9.11. The molecule has 0 aliphatic carbocycles. The number of carbonyl (C=O) groups is 2. The maximum atomic E-state index is 13.1. The zero-order chi connectivity index (χ0) is 23.8. The lowest BCUT2D eigenvalue weighted by Crippen LogP contribution is -2.52. The second-order valence-corrected chi connectivity index (χ2v) is 8.38. The van der Waals surface area contributed by atoms with E-state index in [1.54, 1.807) is 48.5 Å². The average molecular weight is 496 g/mol. The highest BCUT2D eigenvalue weighted by Gasteiger charge is 2.43. The number of alkyl halides is 3. The first-order chi connectivity index (χ1) is 15.6. The summed E-state index contributed by atoms with van der Waals surface area (Å²) >= 11 is 12.4. The minimum absolute atomic E-state index is 0.0871. The van der Waals surface area contributed by atoms with Gasteiger partial charge in [0.25, 0.3) is 5.91 Å². The molecule has 0 radical (unpaired) electrons. The number of benzene rings is 3. The molecule has 2 amide bonds. The lowest BCUT2D eigenvalue weighted by Gasteiger charge is -2.37. The molecule has 1 fully saturated rings. The molecule has 0 atom stereocenters. The van der Waals surface area contributed by atoms with Crippen LogP contribution in [-0.4, -0.2) is 49.1 Å². The van der Waals surface area contributed by atoms with E-state index in [0.29, 0.717) is 32.4 Å². The number of nitrogens with one attached hydrogen (secondary N) is 1. The van der Waals surface area contributed by atoms with Gasteiger partial charge in [-0.3, -0.25) is 9.59 Å². The number of nitrogens with zero attached hydrogens (tertiary/aromatic N) is 2. The van der Waals surface area contributed by atoms with Gasteiger partial charge in [-0.1, -0.05) is 47.5 Å². The van der Waals surface area contributed by atoms with Crippen LogP contribution in [-0.2, 0) is 4.79 Å². The van der Waals surface area contributed by atoms with E-state index >= 15 is 0 Å². The summed E-state index contributed by atoms with van der Waals surface area (Å²) in [4.78, 5) is 27.2. The van der Waals surface area contributed by atoms with Gasteiger partial charge in [0, 0.05) is 47.2 Å². The minimum Gasteiger partial charge on any atom is -0.366 e. The van der Waals surface area contributed by atoms with E-state index in [-0.39, 0.29) is 32.1 Å². The first-order valence-corrected chi connectivity index (χ1v) is 10.8. The van der Waals surface area contributed by atoms with Crippen LogP contribution < -0.4 is 10.2 Å². The van der Waals surface area contributed by atoms with Crippen LogP contribution in [0.15, 0.2) is 54.6 Å². The van der Waals surface area contributed by atoms with Gasteiger partial charge in [0.05, 0.1) is 11.4 Å². The number of amides is 2. The molecular formula is C23H18Cl2F3N3O2. The third kappa shape index (κ3) is 4.86. The third-order valence-electron chi connectivity index (χ3n) is 5.47. The summed E-state index contributed by atoms with van der Waals surface area (Å²) in [7, 11) is 0. The number of rotatable bonds is 3. The second-order valence-electron chi connectivity index (χ2n) is 7.53. The van der Waals surface area contributed by atoms with Crippen molar-refractivity contribution in [2.24, 2.45) is 0 Å². The van der Waals surface area contributed by atoms with Crippen LogP contribution in [0, 0.1) is 0 Å². The molecule has 0 unspecified atom stereocenters. The van der Waals surface area contributed by atoms with Crippen molar-refractivity contribution in [3.8, 4) is 0 Å². The number of carbonyl (C=O) groups excluding carboxylic acids is 2. The quantitative estimate of drug-likeness (QED) is 0.513. The van der Waals surface area contributed by atoms with Crippen LogP contribution in [0.1, 0.15) is 10.4 Å². The van der Waals surface area contributed by atoms with Crippen molar-refractivity contribution in [2.45, 2.75) is 6.18 Å². The number of fused-ring (bicyclic) bond motifs is 1. The van der Waals surface area contributed by atoms with Crippen LogP contribution >= 0.6 is 23.2 Å². The Labute approximate surface area is 197 Å². The van der Waals surface area contributed by atoms with Crippen LogP contribution in [0.25, 0.3) is 10.8 Å².